The molecule has 4 nitrogen and oxygen atoms in total. The number of aliphatic hydroxyl groups is 1. The maximum atomic E-state index is 9.39. The highest BCUT2D eigenvalue weighted by Gasteiger charge is 2.26. The van der Waals surface area contributed by atoms with Crippen molar-refractivity contribution < 1.29 is 9.84 Å². The maximum Gasteiger partial charge on any atom is 0.0984 e. The highest BCUT2D eigenvalue weighted by molar-refractivity contribution is 9.10. The van der Waals surface area contributed by atoms with Crippen LogP contribution in [-0.2, 0) is 11.3 Å². The first-order valence-corrected chi connectivity index (χ1v) is 8.32. The van der Waals surface area contributed by atoms with Crippen molar-refractivity contribution in [3.8, 4) is 0 Å². The summed E-state index contributed by atoms with van der Waals surface area (Å²) in [4.78, 5) is 2.32. The zero-order valence-electron chi connectivity index (χ0n) is 13.0. The molecule has 2 N–H and O–H groups in total. The van der Waals surface area contributed by atoms with Crippen LogP contribution in [0, 0.1) is 0 Å². The van der Waals surface area contributed by atoms with E-state index in [-0.39, 0.29) is 18.8 Å². The van der Waals surface area contributed by atoms with Crippen molar-refractivity contribution in [3.05, 3.63) is 28.2 Å². The van der Waals surface area contributed by atoms with Crippen LogP contribution in [0.15, 0.2) is 22.7 Å². The van der Waals surface area contributed by atoms with E-state index < -0.39 is 0 Å². The van der Waals surface area contributed by atoms with E-state index in [0.717, 1.165) is 24.1 Å². The largest absolute Gasteiger partial charge is 0.394 e. The summed E-state index contributed by atoms with van der Waals surface area (Å²) in [5, 5.41) is 12.9. The van der Waals surface area contributed by atoms with Crippen molar-refractivity contribution >= 4 is 21.6 Å². The number of aliphatic hydroxyl groups excluding tert-OH is 1. The molecule has 118 valence electrons. The predicted octanol–water partition coefficient (Wildman–Crippen LogP) is 2.53. The number of morpholine rings is 1. The molecule has 0 saturated carbocycles. The predicted molar refractivity (Wildman–Crippen MR) is 89.8 cm³/mol. The van der Waals surface area contributed by atoms with Gasteiger partial charge in [-0.25, -0.2) is 0 Å². The minimum Gasteiger partial charge on any atom is -0.394 e. The topological polar surface area (TPSA) is 44.7 Å². The Bertz CT molecular complexity index is 468. The first kappa shape index (κ1) is 16.7. The van der Waals surface area contributed by atoms with Crippen LogP contribution in [0.3, 0.4) is 0 Å². The zero-order chi connectivity index (χ0) is 15.4. The SMILES string of the molecule is CC(C)NCc1cc(Br)ccc1N1CC(C)OC(CO)C1. The van der Waals surface area contributed by atoms with Gasteiger partial charge in [0.05, 0.1) is 18.8 Å². The minimum absolute atomic E-state index is 0.0664. The van der Waals surface area contributed by atoms with Gasteiger partial charge in [0, 0.05) is 35.8 Å². The summed E-state index contributed by atoms with van der Waals surface area (Å²) >= 11 is 3.55. The van der Waals surface area contributed by atoms with E-state index in [1.54, 1.807) is 0 Å². The third-order valence-corrected chi connectivity index (χ3v) is 4.11. The van der Waals surface area contributed by atoms with Crippen LogP contribution in [0.25, 0.3) is 0 Å². The Hall–Kier alpha value is -0.620. The molecule has 2 unspecified atom stereocenters. The molecule has 1 heterocycles. The van der Waals surface area contributed by atoms with Crippen LogP contribution in [0.2, 0.25) is 0 Å². The van der Waals surface area contributed by atoms with E-state index in [9.17, 15) is 5.11 Å². The van der Waals surface area contributed by atoms with Crippen LogP contribution < -0.4 is 10.2 Å². The molecule has 5 heteroatoms. The molecule has 21 heavy (non-hydrogen) atoms. The standard InChI is InChI=1S/C16H25BrN2O2/c1-11(2)18-7-13-6-14(17)4-5-16(13)19-8-12(3)21-15(9-19)10-20/h4-6,11-12,15,18,20H,7-10H2,1-3H3. The maximum absolute atomic E-state index is 9.39. The molecule has 0 aromatic heterocycles. The summed E-state index contributed by atoms with van der Waals surface area (Å²) in [6, 6.07) is 6.83. The highest BCUT2D eigenvalue weighted by atomic mass is 79.9. The normalized spacial score (nSPS) is 22.9. The molecule has 1 aliphatic heterocycles. The van der Waals surface area contributed by atoms with E-state index in [2.05, 4.69) is 65.1 Å². The fraction of sp³-hybridized carbons (Fsp3) is 0.625. The molecular formula is C16H25BrN2O2. The molecule has 0 bridgehead atoms. The van der Waals surface area contributed by atoms with Gasteiger partial charge in [-0.15, -0.1) is 0 Å². The van der Waals surface area contributed by atoms with Gasteiger partial charge >= 0.3 is 0 Å². The lowest BCUT2D eigenvalue weighted by molar-refractivity contribution is -0.0421. The molecule has 1 aliphatic rings. The summed E-state index contributed by atoms with van der Waals surface area (Å²) in [6.07, 6.45) is 0.0220. The highest BCUT2D eigenvalue weighted by Crippen LogP contribution is 2.27. The number of nitrogens with zero attached hydrogens (tertiary/aromatic N) is 1. The van der Waals surface area contributed by atoms with Crippen LogP contribution >= 0.6 is 15.9 Å². The van der Waals surface area contributed by atoms with Gasteiger partial charge in [-0.3, -0.25) is 0 Å². The molecule has 0 spiro atoms. The molecule has 0 aliphatic carbocycles. The summed E-state index contributed by atoms with van der Waals surface area (Å²) in [6.45, 7) is 8.84. The van der Waals surface area contributed by atoms with E-state index in [1.807, 2.05) is 0 Å². The summed E-state index contributed by atoms with van der Waals surface area (Å²) in [7, 11) is 0. The Morgan fingerprint density at radius 3 is 2.86 bits per heavy atom. The summed E-state index contributed by atoms with van der Waals surface area (Å²) in [5.74, 6) is 0. The van der Waals surface area contributed by atoms with Gasteiger partial charge in [-0.1, -0.05) is 29.8 Å². The quantitative estimate of drug-likeness (QED) is 0.850. The second kappa shape index (κ2) is 7.58. The number of rotatable bonds is 5. The molecular weight excluding hydrogens is 332 g/mol. The lowest BCUT2D eigenvalue weighted by atomic mass is 10.1. The molecule has 1 saturated heterocycles. The van der Waals surface area contributed by atoms with Crippen LogP contribution in [0.1, 0.15) is 26.3 Å². The number of ether oxygens (including phenoxy) is 1. The van der Waals surface area contributed by atoms with Gasteiger partial charge in [0.2, 0.25) is 0 Å². The van der Waals surface area contributed by atoms with Gasteiger partial charge in [0.15, 0.2) is 0 Å². The molecule has 1 aromatic carbocycles. The van der Waals surface area contributed by atoms with Crippen molar-refractivity contribution in [2.75, 3.05) is 24.6 Å². The van der Waals surface area contributed by atoms with Crippen LogP contribution in [-0.4, -0.2) is 43.1 Å². The van der Waals surface area contributed by atoms with Gasteiger partial charge < -0.3 is 20.1 Å². The van der Waals surface area contributed by atoms with Gasteiger partial charge in [-0.2, -0.15) is 0 Å². The molecule has 2 rings (SSSR count). The lowest BCUT2D eigenvalue weighted by Crippen LogP contribution is -2.48. The number of benzene rings is 1. The Morgan fingerprint density at radius 2 is 2.19 bits per heavy atom. The average Bonchev–Trinajstić information content (AvgIpc) is 2.44. The third kappa shape index (κ3) is 4.68. The average molecular weight is 357 g/mol. The molecule has 0 amide bonds. The molecule has 1 aromatic rings. The zero-order valence-corrected chi connectivity index (χ0v) is 14.6. The Balaban J connectivity index is 2.20. The fourth-order valence-corrected chi connectivity index (χ4v) is 3.07. The van der Waals surface area contributed by atoms with Crippen LogP contribution in [0.5, 0.6) is 0 Å². The minimum atomic E-state index is -0.108. The van der Waals surface area contributed by atoms with Crippen molar-refractivity contribution in [2.45, 2.75) is 45.6 Å². The monoisotopic (exact) mass is 356 g/mol. The Labute approximate surface area is 135 Å². The van der Waals surface area contributed by atoms with E-state index in [0.29, 0.717) is 6.04 Å². The number of hydrogen-bond donors (Lipinski definition) is 2. The smallest absolute Gasteiger partial charge is 0.0984 e. The van der Waals surface area contributed by atoms with Gasteiger partial charge in [0.25, 0.3) is 0 Å². The van der Waals surface area contributed by atoms with Crippen LogP contribution in [0.4, 0.5) is 5.69 Å². The first-order chi connectivity index (χ1) is 9.99. The summed E-state index contributed by atoms with van der Waals surface area (Å²) < 4.78 is 6.82. The molecule has 1 fully saturated rings. The summed E-state index contributed by atoms with van der Waals surface area (Å²) in [5.41, 5.74) is 2.49. The van der Waals surface area contributed by atoms with Crippen molar-refractivity contribution in [3.63, 3.8) is 0 Å². The molecule has 2 atom stereocenters. The van der Waals surface area contributed by atoms with Gasteiger partial charge in [-0.05, 0) is 30.7 Å². The van der Waals surface area contributed by atoms with E-state index >= 15 is 0 Å². The van der Waals surface area contributed by atoms with Gasteiger partial charge in [0.1, 0.15) is 0 Å². The Morgan fingerprint density at radius 1 is 1.43 bits per heavy atom. The van der Waals surface area contributed by atoms with Crippen molar-refractivity contribution in [2.24, 2.45) is 0 Å². The second-order valence-electron chi connectivity index (χ2n) is 5.96. The number of hydrogen-bond acceptors (Lipinski definition) is 4. The van der Waals surface area contributed by atoms with Crippen molar-refractivity contribution in [1.82, 2.24) is 5.32 Å². The number of nitrogens with one attached hydrogen (secondary N) is 1. The number of anilines is 1. The van der Waals surface area contributed by atoms with Crippen molar-refractivity contribution in [1.29, 1.82) is 0 Å². The second-order valence-corrected chi connectivity index (χ2v) is 6.88. The lowest BCUT2D eigenvalue weighted by Gasteiger charge is -2.38. The van der Waals surface area contributed by atoms with E-state index in [4.69, 9.17) is 4.74 Å². The Kier molecular flexibility index (Phi) is 6.05. The van der Waals surface area contributed by atoms with E-state index in [1.165, 1.54) is 11.3 Å². The first-order valence-electron chi connectivity index (χ1n) is 7.52. The fourth-order valence-electron chi connectivity index (χ4n) is 2.66. The number of halogens is 1. The third-order valence-electron chi connectivity index (χ3n) is 3.61. The molecule has 0 radical (unpaired) electrons.